The molecule has 1 heterocycles. The largest absolute Gasteiger partial charge is 0.300 e. The number of hydrogen-bond donors (Lipinski definition) is 1. The summed E-state index contributed by atoms with van der Waals surface area (Å²) in [5, 5.41) is 7.32. The minimum absolute atomic E-state index is 0.117. The number of carbonyl (C=O) groups is 1. The van der Waals surface area contributed by atoms with Gasteiger partial charge in [-0.05, 0) is 50.5 Å². The summed E-state index contributed by atoms with van der Waals surface area (Å²) in [6, 6.07) is 0. The maximum Gasteiger partial charge on any atom is 0.300 e. The van der Waals surface area contributed by atoms with Crippen LogP contribution in [0.2, 0.25) is 0 Å². The molecule has 5 nitrogen and oxygen atoms in total. The lowest BCUT2D eigenvalue weighted by molar-refractivity contribution is -0.111. The van der Waals surface area contributed by atoms with Crippen LogP contribution in [0.3, 0.4) is 0 Å². The van der Waals surface area contributed by atoms with E-state index in [4.69, 9.17) is 9.59 Å². The Bertz CT molecular complexity index is 542. The Balaban J connectivity index is 0.000000147. The molecular weight excluding hydrogens is 278 g/mol. The number of allylic oxidation sites excluding steroid dienone is 2. The van der Waals surface area contributed by atoms with Crippen molar-refractivity contribution < 1.29 is 17.4 Å². The van der Waals surface area contributed by atoms with E-state index >= 15 is 0 Å². The van der Waals surface area contributed by atoms with Crippen LogP contribution < -0.4 is 0 Å². The number of Topliss-reactive ketones (excluding diaryl/α,β-unsaturated/α-hetero) is 1. The molecule has 3 aliphatic rings. The molecule has 112 valence electrons. The van der Waals surface area contributed by atoms with Crippen molar-refractivity contribution >= 4 is 21.6 Å². The third-order valence-corrected chi connectivity index (χ3v) is 5.81. The molecule has 1 aliphatic heterocycles. The lowest BCUT2D eigenvalue weighted by Crippen LogP contribution is -2.16. The van der Waals surface area contributed by atoms with E-state index < -0.39 is 15.1 Å². The van der Waals surface area contributed by atoms with Crippen LogP contribution in [0.5, 0.6) is 0 Å². The molecule has 0 amide bonds. The third kappa shape index (κ3) is 3.17. The predicted octanol–water partition coefficient (Wildman–Crippen LogP) is 2.71. The van der Waals surface area contributed by atoms with Gasteiger partial charge in [0.05, 0.1) is 5.71 Å². The van der Waals surface area contributed by atoms with Crippen LogP contribution in [0.15, 0.2) is 11.6 Å². The molecule has 0 unspecified atom stereocenters. The Morgan fingerprint density at radius 3 is 2.20 bits per heavy atom. The molecule has 20 heavy (non-hydrogen) atoms. The summed E-state index contributed by atoms with van der Waals surface area (Å²) in [6.07, 6.45) is 9.63. The maximum atomic E-state index is 10.8. The van der Waals surface area contributed by atoms with Crippen LogP contribution in [-0.4, -0.2) is 24.8 Å². The summed E-state index contributed by atoms with van der Waals surface area (Å²) in [7, 11) is -3.08. The Morgan fingerprint density at radius 2 is 1.85 bits per heavy atom. The fourth-order valence-corrected chi connectivity index (χ4v) is 4.22. The second-order valence-electron chi connectivity index (χ2n) is 5.56. The van der Waals surface area contributed by atoms with Gasteiger partial charge in [0.2, 0.25) is 4.93 Å². The molecule has 0 bridgehead atoms. The molecule has 1 saturated carbocycles. The molecule has 1 N–H and O–H groups in total. The van der Waals surface area contributed by atoms with Crippen molar-refractivity contribution in [3.8, 4) is 0 Å². The first kappa shape index (κ1) is 15.4. The minimum atomic E-state index is -3.08. The summed E-state index contributed by atoms with van der Waals surface area (Å²) in [6.45, 7) is 1.45. The first-order chi connectivity index (χ1) is 9.38. The van der Waals surface area contributed by atoms with E-state index in [-0.39, 0.29) is 11.5 Å². The topological polar surface area (TPSA) is 87.6 Å². The number of carbonyl (C=O) groups excluding carboxylic acids is 1. The van der Waals surface area contributed by atoms with Gasteiger partial charge in [0.15, 0.2) is 5.78 Å². The zero-order valence-electron chi connectivity index (χ0n) is 11.8. The van der Waals surface area contributed by atoms with Gasteiger partial charge in [0.1, 0.15) is 0 Å². The summed E-state index contributed by atoms with van der Waals surface area (Å²) in [5.74, 6) is -0.117. The number of rotatable bonds is 2. The quantitative estimate of drug-likeness (QED) is 0.627. The molecule has 0 aromatic heterocycles. The van der Waals surface area contributed by atoms with Gasteiger partial charge in [-0.1, -0.05) is 12.5 Å². The molecule has 2 aliphatic carbocycles. The monoisotopic (exact) mass is 299 g/mol. The normalized spacial score (nSPS) is 25.4. The molecule has 3 rings (SSSR count). The van der Waals surface area contributed by atoms with E-state index in [1.807, 2.05) is 6.08 Å². The summed E-state index contributed by atoms with van der Waals surface area (Å²) < 4.78 is 26.4. The summed E-state index contributed by atoms with van der Waals surface area (Å²) in [4.78, 5) is 9.96. The average molecular weight is 299 g/mol. The molecule has 1 saturated heterocycles. The van der Waals surface area contributed by atoms with Gasteiger partial charge in [-0.2, -0.15) is 8.42 Å². The zero-order chi connectivity index (χ0) is 14.8. The lowest BCUT2D eigenvalue weighted by atomic mass is 9.98. The van der Waals surface area contributed by atoms with Crippen molar-refractivity contribution in [2.45, 2.75) is 63.2 Å². The predicted molar refractivity (Wildman–Crippen MR) is 76.2 cm³/mol. The van der Waals surface area contributed by atoms with Crippen molar-refractivity contribution in [3.63, 3.8) is 0 Å². The van der Waals surface area contributed by atoms with Gasteiger partial charge in [-0.15, -0.1) is 0 Å². The van der Waals surface area contributed by atoms with Crippen LogP contribution in [0.25, 0.3) is 0 Å². The van der Waals surface area contributed by atoms with Crippen LogP contribution in [-0.2, 0) is 19.1 Å². The molecule has 0 atom stereocenters. The fourth-order valence-electron chi connectivity index (χ4n) is 2.73. The first-order valence-electron chi connectivity index (χ1n) is 7.12. The molecular formula is C14H21NO4S. The Hall–Kier alpha value is -1.01. The number of hydrogen-bond acceptors (Lipinski definition) is 5. The van der Waals surface area contributed by atoms with Gasteiger partial charge < -0.3 is 0 Å². The Labute approximate surface area is 120 Å². The van der Waals surface area contributed by atoms with Gasteiger partial charge in [0.25, 0.3) is 0 Å². The van der Waals surface area contributed by atoms with Crippen LogP contribution in [0, 0.1) is 5.41 Å². The molecule has 6 heteroatoms. The van der Waals surface area contributed by atoms with Gasteiger partial charge >= 0.3 is 10.1 Å². The van der Waals surface area contributed by atoms with Crippen LogP contribution in [0.1, 0.15) is 58.3 Å². The minimum Gasteiger partial charge on any atom is -0.297 e. The van der Waals surface area contributed by atoms with Gasteiger partial charge in [0, 0.05) is 6.92 Å². The average Bonchev–Trinajstić information content (AvgIpc) is 2.83. The third-order valence-electron chi connectivity index (χ3n) is 4.02. The second kappa shape index (κ2) is 5.77. The van der Waals surface area contributed by atoms with E-state index in [0.717, 1.165) is 56.9 Å². The standard InChI is InChI=1S/C8H11NO.C6H10O3S/c1-6(10)8(9)7-4-2-3-5-7;7-10(8)6(9-10)4-2-1-3-5-6/h4,9H,2-3,5H2,1H3;1-5H2. The van der Waals surface area contributed by atoms with E-state index in [1.165, 1.54) is 6.92 Å². The highest BCUT2D eigenvalue weighted by Gasteiger charge is 2.63. The molecule has 0 aromatic carbocycles. The van der Waals surface area contributed by atoms with Gasteiger partial charge in [-0.3, -0.25) is 10.2 Å². The van der Waals surface area contributed by atoms with Crippen molar-refractivity contribution in [1.29, 1.82) is 5.41 Å². The van der Waals surface area contributed by atoms with Crippen molar-refractivity contribution in [1.82, 2.24) is 0 Å². The Kier molecular flexibility index (Phi) is 4.44. The van der Waals surface area contributed by atoms with E-state index in [0.29, 0.717) is 0 Å². The van der Waals surface area contributed by atoms with Gasteiger partial charge in [-0.25, -0.2) is 4.18 Å². The van der Waals surface area contributed by atoms with E-state index in [1.54, 1.807) is 0 Å². The van der Waals surface area contributed by atoms with Crippen molar-refractivity contribution in [2.24, 2.45) is 0 Å². The Morgan fingerprint density at radius 1 is 1.25 bits per heavy atom. The molecule has 1 spiro atoms. The highest BCUT2D eigenvalue weighted by molar-refractivity contribution is 7.93. The summed E-state index contributed by atoms with van der Waals surface area (Å²) in [5.41, 5.74) is 1.14. The zero-order valence-corrected chi connectivity index (χ0v) is 12.6. The highest BCUT2D eigenvalue weighted by Crippen LogP contribution is 2.49. The first-order valence-corrected chi connectivity index (χ1v) is 8.53. The van der Waals surface area contributed by atoms with E-state index in [2.05, 4.69) is 0 Å². The summed E-state index contributed by atoms with van der Waals surface area (Å²) >= 11 is 0. The van der Waals surface area contributed by atoms with Crippen molar-refractivity contribution in [3.05, 3.63) is 11.6 Å². The van der Waals surface area contributed by atoms with Crippen LogP contribution >= 0.6 is 0 Å². The SMILES string of the molecule is CC(=O)C(=N)C1=CCCC1.O=S1(=O)OC12CCCCC2. The van der Waals surface area contributed by atoms with Crippen LogP contribution in [0.4, 0.5) is 0 Å². The number of nitrogens with one attached hydrogen (secondary N) is 1. The molecule has 2 fully saturated rings. The molecule has 0 radical (unpaired) electrons. The smallest absolute Gasteiger partial charge is 0.297 e. The lowest BCUT2D eigenvalue weighted by Gasteiger charge is -2.12. The number of ketones is 1. The van der Waals surface area contributed by atoms with E-state index in [9.17, 15) is 13.2 Å². The molecule has 0 aromatic rings. The second-order valence-corrected chi connectivity index (χ2v) is 7.38. The fraction of sp³-hybridized carbons (Fsp3) is 0.714. The van der Waals surface area contributed by atoms with Crippen molar-refractivity contribution in [2.75, 3.05) is 0 Å². The maximum absolute atomic E-state index is 10.8. The highest BCUT2D eigenvalue weighted by atomic mass is 32.2.